The van der Waals surface area contributed by atoms with E-state index in [1.165, 1.54) is 47.9 Å². The van der Waals surface area contributed by atoms with Crippen LogP contribution in [0.2, 0.25) is 5.02 Å². The largest absolute Gasteiger partial charge is 0.349 e. The normalized spacial score (nSPS) is 14.5. The molecule has 0 saturated heterocycles. The molecule has 1 aliphatic carbocycles. The van der Waals surface area contributed by atoms with E-state index in [1.54, 1.807) is 11.8 Å². The Labute approximate surface area is 165 Å². The summed E-state index contributed by atoms with van der Waals surface area (Å²) in [5.41, 5.74) is 5.39. The minimum absolute atomic E-state index is 0.103. The number of hydrogen-bond acceptors (Lipinski definition) is 2. The van der Waals surface area contributed by atoms with Crippen LogP contribution in [0.15, 0.2) is 42.5 Å². The third-order valence-electron chi connectivity index (χ3n) is 4.93. The van der Waals surface area contributed by atoms with Crippen LogP contribution in [0.25, 0.3) is 0 Å². The first-order chi connectivity index (χ1) is 12.7. The van der Waals surface area contributed by atoms with Gasteiger partial charge in [-0.2, -0.15) is 0 Å². The molecule has 2 nitrogen and oxygen atoms in total. The predicted octanol–water partition coefficient (Wildman–Crippen LogP) is 5.72. The molecule has 0 aliphatic heterocycles. The number of thioether (sulfide) groups is 1. The summed E-state index contributed by atoms with van der Waals surface area (Å²) >= 11 is 7.54. The van der Waals surface area contributed by atoms with E-state index in [0.29, 0.717) is 5.75 Å². The second-order valence-electron chi connectivity index (χ2n) is 6.88. The molecule has 2 aromatic carbocycles. The number of hydrogen-bond donors (Lipinski definition) is 1. The smallest absolute Gasteiger partial charge is 0.230 e. The molecule has 0 spiro atoms. The fourth-order valence-corrected chi connectivity index (χ4v) is 4.39. The van der Waals surface area contributed by atoms with Crippen LogP contribution in [0.3, 0.4) is 0 Å². The van der Waals surface area contributed by atoms with E-state index >= 15 is 0 Å². The van der Waals surface area contributed by atoms with Gasteiger partial charge in [-0.3, -0.25) is 4.79 Å². The van der Waals surface area contributed by atoms with Crippen molar-refractivity contribution in [3.8, 4) is 0 Å². The van der Waals surface area contributed by atoms with Crippen molar-refractivity contribution in [1.82, 2.24) is 5.32 Å². The zero-order valence-electron chi connectivity index (χ0n) is 15.3. The van der Waals surface area contributed by atoms with Gasteiger partial charge in [0.15, 0.2) is 0 Å². The molecular formula is C22H26ClNOS. The maximum Gasteiger partial charge on any atom is 0.230 e. The van der Waals surface area contributed by atoms with Crippen LogP contribution in [0.5, 0.6) is 0 Å². The average molecular weight is 388 g/mol. The van der Waals surface area contributed by atoms with Gasteiger partial charge in [-0.25, -0.2) is 0 Å². The highest BCUT2D eigenvalue weighted by Gasteiger charge is 2.16. The van der Waals surface area contributed by atoms with Gasteiger partial charge in [0, 0.05) is 10.8 Å². The Morgan fingerprint density at radius 3 is 2.58 bits per heavy atom. The maximum atomic E-state index is 12.4. The number of rotatable bonds is 7. The molecule has 1 N–H and O–H groups in total. The molecule has 0 heterocycles. The molecule has 4 heteroatoms. The standard InChI is InChI=1S/C22H26ClNOS/c1-2-21(19-10-9-17-5-3-4-6-18(17)13-19)24-22(25)15-26-14-16-7-11-20(23)12-8-16/h7-13,21H,2-6,14-15H2,1H3,(H,24,25)/t21-/m1/s1. The van der Waals surface area contributed by atoms with E-state index in [2.05, 4.69) is 30.4 Å². The van der Waals surface area contributed by atoms with Gasteiger partial charge in [-0.15, -0.1) is 11.8 Å². The summed E-state index contributed by atoms with van der Waals surface area (Å²) in [5.74, 6) is 1.40. The monoisotopic (exact) mass is 387 g/mol. The molecule has 1 aliphatic rings. The van der Waals surface area contributed by atoms with Crippen molar-refractivity contribution < 1.29 is 4.79 Å². The molecule has 26 heavy (non-hydrogen) atoms. The van der Waals surface area contributed by atoms with E-state index in [9.17, 15) is 4.79 Å². The average Bonchev–Trinajstić information content (AvgIpc) is 2.67. The number of amides is 1. The van der Waals surface area contributed by atoms with Gasteiger partial charge in [-0.1, -0.05) is 48.9 Å². The second kappa shape index (κ2) is 9.48. The zero-order valence-corrected chi connectivity index (χ0v) is 16.8. The van der Waals surface area contributed by atoms with Gasteiger partial charge >= 0.3 is 0 Å². The van der Waals surface area contributed by atoms with Crippen LogP contribution < -0.4 is 5.32 Å². The van der Waals surface area contributed by atoms with E-state index in [-0.39, 0.29) is 11.9 Å². The molecule has 0 radical (unpaired) electrons. The summed E-state index contributed by atoms with van der Waals surface area (Å²) in [6.45, 7) is 2.13. The summed E-state index contributed by atoms with van der Waals surface area (Å²) in [4.78, 5) is 12.4. The molecule has 1 amide bonds. The molecular weight excluding hydrogens is 362 g/mol. The van der Waals surface area contributed by atoms with Crippen LogP contribution in [0.1, 0.15) is 54.5 Å². The van der Waals surface area contributed by atoms with Crippen molar-refractivity contribution in [1.29, 1.82) is 0 Å². The van der Waals surface area contributed by atoms with Gasteiger partial charge < -0.3 is 5.32 Å². The van der Waals surface area contributed by atoms with Crippen molar-refractivity contribution in [2.45, 2.75) is 50.8 Å². The quantitative estimate of drug-likeness (QED) is 0.658. The molecule has 2 aromatic rings. The summed E-state index contributed by atoms with van der Waals surface area (Å²) in [7, 11) is 0. The lowest BCUT2D eigenvalue weighted by atomic mass is 9.89. The first-order valence-electron chi connectivity index (χ1n) is 9.39. The number of aryl methyl sites for hydroxylation is 2. The van der Waals surface area contributed by atoms with Crippen molar-refractivity contribution in [2.24, 2.45) is 0 Å². The highest BCUT2D eigenvalue weighted by Crippen LogP contribution is 2.26. The third-order valence-corrected chi connectivity index (χ3v) is 6.19. The molecule has 138 valence electrons. The Morgan fingerprint density at radius 1 is 1.12 bits per heavy atom. The number of benzene rings is 2. The minimum Gasteiger partial charge on any atom is -0.349 e. The third kappa shape index (κ3) is 5.28. The Bertz CT molecular complexity index is 744. The summed E-state index contributed by atoms with van der Waals surface area (Å²) in [5, 5.41) is 3.95. The lowest BCUT2D eigenvalue weighted by Crippen LogP contribution is -2.29. The van der Waals surface area contributed by atoms with Crippen LogP contribution in [-0.2, 0) is 23.4 Å². The molecule has 0 aromatic heterocycles. The molecule has 1 atom stereocenters. The van der Waals surface area contributed by atoms with Crippen molar-refractivity contribution in [3.63, 3.8) is 0 Å². The topological polar surface area (TPSA) is 29.1 Å². The fraction of sp³-hybridized carbons (Fsp3) is 0.409. The Morgan fingerprint density at radius 2 is 1.85 bits per heavy atom. The Balaban J connectivity index is 1.52. The van der Waals surface area contributed by atoms with Crippen molar-refractivity contribution in [2.75, 3.05) is 5.75 Å². The highest BCUT2D eigenvalue weighted by atomic mass is 35.5. The fourth-order valence-electron chi connectivity index (χ4n) is 3.47. The number of carbonyl (C=O) groups excluding carboxylic acids is 1. The summed E-state index contributed by atoms with van der Waals surface area (Å²) in [6, 6.07) is 14.7. The van der Waals surface area contributed by atoms with Crippen LogP contribution in [0, 0.1) is 0 Å². The number of fused-ring (bicyclic) bond motifs is 1. The minimum atomic E-state index is 0.103. The van der Waals surface area contributed by atoms with E-state index in [0.717, 1.165) is 17.2 Å². The molecule has 0 saturated carbocycles. The maximum absolute atomic E-state index is 12.4. The first-order valence-corrected chi connectivity index (χ1v) is 10.9. The van der Waals surface area contributed by atoms with Crippen LogP contribution in [0.4, 0.5) is 0 Å². The first kappa shape index (κ1) is 19.3. The van der Waals surface area contributed by atoms with E-state index < -0.39 is 0 Å². The van der Waals surface area contributed by atoms with Crippen LogP contribution in [-0.4, -0.2) is 11.7 Å². The summed E-state index contributed by atoms with van der Waals surface area (Å²) < 4.78 is 0. The molecule has 0 bridgehead atoms. The van der Waals surface area contributed by atoms with Crippen molar-refractivity contribution in [3.05, 3.63) is 69.7 Å². The number of halogens is 1. The highest BCUT2D eigenvalue weighted by molar-refractivity contribution is 7.99. The van der Waals surface area contributed by atoms with Gasteiger partial charge in [0.1, 0.15) is 0 Å². The van der Waals surface area contributed by atoms with Crippen LogP contribution >= 0.6 is 23.4 Å². The van der Waals surface area contributed by atoms with Gasteiger partial charge in [0.25, 0.3) is 0 Å². The number of carbonyl (C=O) groups is 1. The Hall–Kier alpha value is -1.45. The molecule has 3 rings (SSSR count). The SMILES string of the molecule is CC[C@@H](NC(=O)CSCc1ccc(Cl)cc1)c1ccc2c(c1)CCCC2. The lowest BCUT2D eigenvalue weighted by molar-refractivity contribution is -0.119. The van der Waals surface area contributed by atoms with E-state index in [1.807, 2.05) is 24.3 Å². The lowest BCUT2D eigenvalue weighted by Gasteiger charge is -2.21. The number of nitrogens with one attached hydrogen (secondary N) is 1. The second-order valence-corrected chi connectivity index (χ2v) is 8.30. The molecule has 0 unspecified atom stereocenters. The molecule has 0 fully saturated rings. The predicted molar refractivity (Wildman–Crippen MR) is 112 cm³/mol. The van der Waals surface area contributed by atoms with Gasteiger partial charge in [0.2, 0.25) is 5.91 Å². The summed E-state index contributed by atoms with van der Waals surface area (Å²) in [6.07, 6.45) is 5.85. The Kier molecular flexibility index (Phi) is 7.04. The zero-order chi connectivity index (χ0) is 18.4. The van der Waals surface area contributed by atoms with Crippen molar-refractivity contribution >= 4 is 29.3 Å². The van der Waals surface area contributed by atoms with Gasteiger partial charge in [0.05, 0.1) is 11.8 Å². The van der Waals surface area contributed by atoms with E-state index in [4.69, 9.17) is 11.6 Å². The van der Waals surface area contributed by atoms with Gasteiger partial charge in [-0.05, 0) is 66.5 Å².